The fraction of sp³-hybridized carbons (Fsp3) is 0.700. The van der Waals surface area contributed by atoms with Crippen molar-refractivity contribution in [2.24, 2.45) is 11.8 Å². The van der Waals surface area contributed by atoms with E-state index < -0.39 is 0 Å². The molecule has 0 aliphatic heterocycles. The molecule has 2 unspecified atom stereocenters. The summed E-state index contributed by atoms with van der Waals surface area (Å²) in [5.41, 5.74) is 0.698. The van der Waals surface area contributed by atoms with Gasteiger partial charge in [0.25, 0.3) is 0 Å². The second kappa shape index (κ2) is 2.92. The van der Waals surface area contributed by atoms with Crippen molar-refractivity contribution in [3.8, 4) is 0 Å². The maximum atomic E-state index is 11.6. The number of hydrogen-bond donors (Lipinski definition) is 1. The molecule has 0 radical (unpaired) electrons. The Morgan fingerprint density at radius 1 is 1.17 bits per heavy atom. The molecule has 0 aromatic carbocycles. The molecule has 0 saturated heterocycles. The molecule has 0 spiro atoms. The van der Waals surface area contributed by atoms with E-state index in [1.54, 1.807) is 0 Å². The number of carbonyl (C=O) groups excluding carboxylic acids is 1. The number of ketones is 1. The Hall–Kier alpha value is -0.790. The molecular weight excluding hydrogens is 152 g/mol. The van der Waals surface area contributed by atoms with Crippen molar-refractivity contribution in [2.45, 2.75) is 32.1 Å². The van der Waals surface area contributed by atoms with Gasteiger partial charge in [0, 0.05) is 11.5 Å². The zero-order valence-electron chi connectivity index (χ0n) is 7.12. The van der Waals surface area contributed by atoms with Crippen LogP contribution in [0.4, 0.5) is 0 Å². The Bertz CT molecular complexity index is 226. The van der Waals surface area contributed by atoms with E-state index in [2.05, 4.69) is 0 Å². The molecule has 3 fully saturated rings. The summed E-state index contributed by atoms with van der Waals surface area (Å²) in [6.45, 7) is 0. The first kappa shape index (κ1) is 7.84. The van der Waals surface area contributed by atoms with E-state index in [1.807, 2.05) is 0 Å². The first-order chi connectivity index (χ1) is 5.83. The van der Waals surface area contributed by atoms with Crippen LogP contribution in [0.2, 0.25) is 0 Å². The number of aliphatic hydroxyl groups is 1. The summed E-state index contributed by atoms with van der Waals surface area (Å²) < 4.78 is 0. The molecule has 2 heteroatoms. The van der Waals surface area contributed by atoms with Crippen LogP contribution in [-0.4, -0.2) is 10.9 Å². The van der Waals surface area contributed by atoms with Gasteiger partial charge in [-0.1, -0.05) is 6.42 Å². The van der Waals surface area contributed by atoms with E-state index in [-0.39, 0.29) is 11.7 Å². The van der Waals surface area contributed by atoms with E-state index in [9.17, 15) is 4.79 Å². The first-order valence-electron chi connectivity index (χ1n) is 4.71. The molecule has 0 aromatic rings. The zero-order valence-corrected chi connectivity index (χ0v) is 7.12. The average Bonchev–Trinajstić information content (AvgIpc) is 2.37. The van der Waals surface area contributed by atoms with Crippen LogP contribution in [0.25, 0.3) is 0 Å². The van der Waals surface area contributed by atoms with Gasteiger partial charge >= 0.3 is 0 Å². The Morgan fingerprint density at radius 2 is 1.83 bits per heavy atom. The highest BCUT2D eigenvalue weighted by Gasteiger charge is 2.35. The molecule has 66 valence electrons. The molecule has 0 heterocycles. The fourth-order valence-corrected chi connectivity index (χ4v) is 2.48. The van der Waals surface area contributed by atoms with Crippen LogP contribution in [0.5, 0.6) is 0 Å². The Morgan fingerprint density at radius 3 is 2.58 bits per heavy atom. The fourth-order valence-electron chi connectivity index (χ4n) is 2.48. The predicted octanol–water partition coefficient (Wildman–Crippen LogP) is 2.21. The van der Waals surface area contributed by atoms with Gasteiger partial charge in [-0.15, -0.1) is 0 Å². The molecule has 3 saturated carbocycles. The highest BCUT2D eigenvalue weighted by atomic mass is 16.2. The molecule has 2 bridgehead atoms. The van der Waals surface area contributed by atoms with Crippen molar-refractivity contribution in [1.29, 1.82) is 0 Å². The lowest BCUT2D eigenvalue weighted by Gasteiger charge is -2.23. The van der Waals surface area contributed by atoms with Crippen LogP contribution in [-0.2, 0) is 4.79 Å². The van der Waals surface area contributed by atoms with Crippen LogP contribution in [0, 0.1) is 11.8 Å². The van der Waals surface area contributed by atoms with Crippen LogP contribution >= 0.6 is 0 Å². The zero-order chi connectivity index (χ0) is 8.55. The van der Waals surface area contributed by atoms with Crippen molar-refractivity contribution in [3.63, 3.8) is 0 Å². The highest BCUT2D eigenvalue weighted by Crippen LogP contribution is 2.39. The minimum atomic E-state index is 0.214. The van der Waals surface area contributed by atoms with E-state index in [0.29, 0.717) is 11.5 Å². The lowest BCUT2D eigenvalue weighted by molar-refractivity contribution is -0.121. The highest BCUT2D eigenvalue weighted by molar-refractivity contribution is 5.98. The normalized spacial score (nSPS) is 38.7. The van der Waals surface area contributed by atoms with Crippen LogP contribution in [0.15, 0.2) is 11.8 Å². The SMILES string of the molecule is O=C1/C(=C/O)C2CCCC1CC2. The summed E-state index contributed by atoms with van der Waals surface area (Å²) in [5.74, 6) is 0.801. The third kappa shape index (κ3) is 1.06. The maximum Gasteiger partial charge on any atom is 0.165 e. The molecule has 0 aromatic heterocycles. The summed E-state index contributed by atoms with van der Waals surface area (Å²) >= 11 is 0. The van der Waals surface area contributed by atoms with Gasteiger partial charge in [-0.05, 0) is 31.6 Å². The Balaban J connectivity index is 2.31. The number of allylic oxidation sites excluding steroid dienone is 1. The summed E-state index contributed by atoms with van der Waals surface area (Å²) in [6.07, 6.45) is 6.47. The number of rotatable bonds is 0. The number of hydrogen-bond acceptors (Lipinski definition) is 2. The second-order valence-corrected chi connectivity index (χ2v) is 3.85. The van der Waals surface area contributed by atoms with Crippen molar-refractivity contribution >= 4 is 5.78 Å². The Labute approximate surface area is 72.3 Å². The third-order valence-electron chi connectivity index (χ3n) is 3.20. The van der Waals surface area contributed by atoms with Gasteiger partial charge in [0.2, 0.25) is 0 Å². The molecule has 3 aliphatic rings. The van der Waals surface area contributed by atoms with E-state index in [4.69, 9.17) is 5.11 Å². The maximum absolute atomic E-state index is 11.6. The number of fused-ring (bicyclic) bond motifs is 4. The molecule has 3 rings (SSSR count). The average molecular weight is 166 g/mol. The van der Waals surface area contributed by atoms with E-state index in [1.165, 1.54) is 0 Å². The van der Waals surface area contributed by atoms with Crippen molar-refractivity contribution in [2.75, 3.05) is 0 Å². The lowest BCUT2D eigenvalue weighted by atomic mass is 9.79. The monoisotopic (exact) mass is 166 g/mol. The summed E-state index contributed by atoms with van der Waals surface area (Å²) in [4.78, 5) is 11.6. The lowest BCUT2D eigenvalue weighted by Crippen LogP contribution is -2.24. The topological polar surface area (TPSA) is 37.3 Å². The molecular formula is C10H14O2. The first-order valence-corrected chi connectivity index (χ1v) is 4.71. The van der Waals surface area contributed by atoms with Gasteiger partial charge < -0.3 is 5.11 Å². The second-order valence-electron chi connectivity index (χ2n) is 3.85. The number of carbonyl (C=O) groups is 1. The molecule has 1 N–H and O–H groups in total. The largest absolute Gasteiger partial charge is 0.515 e. The molecule has 2 nitrogen and oxygen atoms in total. The minimum Gasteiger partial charge on any atom is -0.515 e. The third-order valence-corrected chi connectivity index (χ3v) is 3.20. The Kier molecular flexibility index (Phi) is 1.91. The van der Waals surface area contributed by atoms with Crippen molar-refractivity contribution < 1.29 is 9.90 Å². The molecule has 2 atom stereocenters. The van der Waals surface area contributed by atoms with Gasteiger partial charge in [-0.2, -0.15) is 0 Å². The summed E-state index contributed by atoms with van der Waals surface area (Å²) in [6, 6.07) is 0. The van der Waals surface area contributed by atoms with Crippen LogP contribution in [0.1, 0.15) is 32.1 Å². The number of Topliss-reactive ketones (excluding diaryl/α,β-unsaturated/α-hetero) is 1. The van der Waals surface area contributed by atoms with Gasteiger partial charge in [-0.3, -0.25) is 4.79 Å². The summed E-state index contributed by atoms with van der Waals surface area (Å²) in [5, 5.41) is 8.93. The van der Waals surface area contributed by atoms with Crippen LogP contribution in [0.3, 0.4) is 0 Å². The van der Waals surface area contributed by atoms with E-state index >= 15 is 0 Å². The predicted molar refractivity (Wildman–Crippen MR) is 45.8 cm³/mol. The van der Waals surface area contributed by atoms with Gasteiger partial charge in [0.05, 0.1) is 6.26 Å². The van der Waals surface area contributed by atoms with Crippen molar-refractivity contribution in [3.05, 3.63) is 11.8 Å². The van der Waals surface area contributed by atoms with E-state index in [0.717, 1.165) is 38.4 Å². The molecule has 3 aliphatic carbocycles. The molecule has 0 amide bonds. The smallest absolute Gasteiger partial charge is 0.165 e. The quantitative estimate of drug-likeness (QED) is 0.442. The van der Waals surface area contributed by atoms with Crippen LogP contribution < -0.4 is 0 Å². The standard InChI is InChI=1S/C10H14O2/c11-6-9-7-2-1-3-8(5-4-7)10(9)12/h6-8,11H,1-5H2/b9-6+. The molecule has 12 heavy (non-hydrogen) atoms. The minimum absolute atomic E-state index is 0.214. The number of aliphatic hydroxyl groups excluding tert-OH is 1. The summed E-state index contributed by atoms with van der Waals surface area (Å²) in [7, 11) is 0. The van der Waals surface area contributed by atoms with Gasteiger partial charge in [-0.25, -0.2) is 0 Å². The van der Waals surface area contributed by atoms with Crippen molar-refractivity contribution in [1.82, 2.24) is 0 Å². The van der Waals surface area contributed by atoms with Gasteiger partial charge in [0.15, 0.2) is 5.78 Å². The van der Waals surface area contributed by atoms with Gasteiger partial charge in [0.1, 0.15) is 0 Å².